The lowest BCUT2D eigenvalue weighted by Crippen LogP contribution is -2.54. The Morgan fingerprint density at radius 2 is 1.54 bits per heavy atom. The molecule has 0 aliphatic heterocycles. The zero-order valence-corrected chi connectivity index (χ0v) is 25.4. The molecule has 0 aromatic heterocycles. The molecular weight excluding hydrogens is 538 g/mol. The number of nitrogens with zero attached hydrogens (tertiary/aromatic N) is 2. The molecule has 0 unspecified atom stereocenters. The fraction of sp³-hybridized carbons (Fsp3) is 0.375. The second kappa shape index (κ2) is 14.7. The summed E-state index contributed by atoms with van der Waals surface area (Å²) in [6.07, 6.45) is 0.906. The maximum absolute atomic E-state index is 14.0. The van der Waals surface area contributed by atoms with Gasteiger partial charge in [0.1, 0.15) is 18.3 Å². The van der Waals surface area contributed by atoms with E-state index in [1.807, 2.05) is 65.0 Å². The molecule has 3 rings (SSSR count). The van der Waals surface area contributed by atoms with E-state index in [0.29, 0.717) is 30.9 Å². The van der Waals surface area contributed by atoms with Gasteiger partial charge in [0.15, 0.2) is 0 Å². The number of aryl methyl sites for hydroxylation is 1. The lowest BCUT2D eigenvalue weighted by atomic mass is 10.1. The van der Waals surface area contributed by atoms with E-state index in [1.54, 1.807) is 36.4 Å². The molecule has 0 saturated heterocycles. The van der Waals surface area contributed by atoms with Crippen molar-refractivity contribution in [2.75, 3.05) is 24.0 Å². The number of carbonyl (C=O) groups excluding carboxylic acids is 2. The first-order valence-corrected chi connectivity index (χ1v) is 15.5. The fourth-order valence-electron chi connectivity index (χ4n) is 4.52. The molecule has 220 valence electrons. The van der Waals surface area contributed by atoms with Crippen molar-refractivity contribution in [3.63, 3.8) is 0 Å². The van der Waals surface area contributed by atoms with E-state index in [4.69, 9.17) is 4.74 Å². The predicted molar refractivity (Wildman–Crippen MR) is 163 cm³/mol. The van der Waals surface area contributed by atoms with Gasteiger partial charge in [-0.1, -0.05) is 55.0 Å². The summed E-state index contributed by atoms with van der Waals surface area (Å²) in [5, 5.41) is 2.91. The van der Waals surface area contributed by atoms with E-state index in [-0.39, 0.29) is 23.4 Å². The Kier molecular flexibility index (Phi) is 11.3. The highest BCUT2D eigenvalue weighted by Crippen LogP contribution is 2.26. The summed E-state index contributed by atoms with van der Waals surface area (Å²) in [6.45, 7) is 9.59. The molecule has 1 N–H and O–H groups in total. The first kappa shape index (κ1) is 31.7. The number of amides is 2. The molecule has 1 atom stereocenters. The number of ether oxygens (including phenoxy) is 1. The highest BCUT2D eigenvalue weighted by atomic mass is 32.2. The highest BCUT2D eigenvalue weighted by molar-refractivity contribution is 7.92. The molecule has 3 aromatic rings. The van der Waals surface area contributed by atoms with Crippen LogP contribution in [0.2, 0.25) is 0 Å². The lowest BCUT2D eigenvalue weighted by molar-refractivity contribution is -0.139. The van der Waals surface area contributed by atoms with Gasteiger partial charge in [0.25, 0.3) is 10.0 Å². The van der Waals surface area contributed by atoms with E-state index in [2.05, 4.69) is 5.32 Å². The first-order chi connectivity index (χ1) is 19.6. The quantitative estimate of drug-likeness (QED) is 0.291. The summed E-state index contributed by atoms with van der Waals surface area (Å²) in [6, 6.07) is 22.0. The average molecular weight is 580 g/mol. The molecule has 0 fully saturated rings. The van der Waals surface area contributed by atoms with Gasteiger partial charge in [-0.3, -0.25) is 13.9 Å². The van der Waals surface area contributed by atoms with E-state index < -0.39 is 28.5 Å². The van der Waals surface area contributed by atoms with Crippen LogP contribution in [-0.2, 0) is 26.0 Å². The van der Waals surface area contributed by atoms with Gasteiger partial charge >= 0.3 is 0 Å². The summed E-state index contributed by atoms with van der Waals surface area (Å²) in [4.78, 5) is 28.8. The van der Waals surface area contributed by atoms with Crippen molar-refractivity contribution in [2.45, 2.75) is 64.4 Å². The Labute approximate surface area is 244 Å². The molecule has 41 heavy (non-hydrogen) atoms. The van der Waals surface area contributed by atoms with Crippen LogP contribution in [0.15, 0.2) is 83.8 Å². The third kappa shape index (κ3) is 8.57. The van der Waals surface area contributed by atoms with Gasteiger partial charge in [-0.15, -0.1) is 0 Å². The average Bonchev–Trinajstić information content (AvgIpc) is 2.95. The van der Waals surface area contributed by atoms with Crippen LogP contribution < -0.4 is 14.4 Å². The van der Waals surface area contributed by atoms with Crippen LogP contribution in [0.1, 0.15) is 45.2 Å². The minimum atomic E-state index is -4.14. The molecule has 0 saturated carbocycles. The minimum Gasteiger partial charge on any atom is -0.494 e. The Balaban J connectivity index is 2.00. The molecule has 0 aliphatic carbocycles. The number of rotatable bonds is 14. The van der Waals surface area contributed by atoms with Crippen molar-refractivity contribution >= 4 is 27.5 Å². The van der Waals surface area contributed by atoms with E-state index in [9.17, 15) is 18.0 Å². The van der Waals surface area contributed by atoms with Crippen molar-refractivity contribution in [2.24, 2.45) is 0 Å². The minimum absolute atomic E-state index is 0.0368. The van der Waals surface area contributed by atoms with Crippen molar-refractivity contribution in [1.82, 2.24) is 10.2 Å². The maximum atomic E-state index is 14.0. The van der Waals surface area contributed by atoms with Gasteiger partial charge in [0, 0.05) is 12.6 Å². The number of nitrogens with one attached hydrogen (secondary N) is 1. The van der Waals surface area contributed by atoms with E-state index >= 15 is 0 Å². The number of carbonyl (C=O) groups is 2. The zero-order chi connectivity index (χ0) is 30.0. The number of anilines is 1. The topological polar surface area (TPSA) is 96.0 Å². The van der Waals surface area contributed by atoms with Crippen LogP contribution in [0.5, 0.6) is 5.75 Å². The summed E-state index contributed by atoms with van der Waals surface area (Å²) >= 11 is 0. The largest absolute Gasteiger partial charge is 0.494 e. The number of hydrogen-bond donors (Lipinski definition) is 1. The first-order valence-electron chi connectivity index (χ1n) is 14.0. The summed E-state index contributed by atoms with van der Waals surface area (Å²) in [5.74, 6) is -0.166. The van der Waals surface area contributed by atoms with Crippen LogP contribution in [0.4, 0.5) is 5.69 Å². The smallest absolute Gasteiger partial charge is 0.264 e. The molecule has 2 amide bonds. The second-order valence-electron chi connectivity index (χ2n) is 10.2. The third-order valence-corrected chi connectivity index (χ3v) is 8.41. The Bertz CT molecular complexity index is 1380. The lowest BCUT2D eigenvalue weighted by Gasteiger charge is -2.33. The predicted octanol–water partition coefficient (Wildman–Crippen LogP) is 4.96. The molecule has 0 radical (unpaired) electrons. The molecule has 8 nitrogen and oxygen atoms in total. The summed E-state index contributed by atoms with van der Waals surface area (Å²) in [7, 11) is -4.14. The molecule has 0 spiro atoms. The fourth-order valence-corrected chi connectivity index (χ4v) is 5.93. The SMILES string of the molecule is CCOc1ccc(S(=O)(=O)N(CC(=O)N(CCc2ccccc2)[C@@H](CC)C(=O)NC(C)C)c2ccc(C)cc2)cc1. The van der Waals surface area contributed by atoms with Crippen molar-refractivity contribution < 1.29 is 22.7 Å². The number of benzene rings is 3. The van der Waals surface area contributed by atoms with Gasteiger partial charge in [-0.25, -0.2) is 8.42 Å². The van der Waals surface area contributed by atoms with Crippen LogP contribution >= 0.6 is 0 Å². The molecule has 3 aromatic carbocycles. The van der Waals surface area contributed by atoms with Gasteiger partial charge in [0.2, 0.25) is 11.8 Å². The van der Waals surface area contributed by atoms with Gasteiger partial charge in [-0.2, -0.15) is 0 Å². The van der Waals surface area contributed by atoms with Gasteiger partial charge in [-0.05, 0) is 82.5 Å². The Morgan fingerprint density at radius 1 is 0.902 bits per heavy atom. The van der Waals surface area contributed by atoms with Crippen LogP contribution in [-0.4, -0.2) is 56.9 Å². The maximum Gasteiger partial charge on any atom is 0.264 e. The second-order valence-corrected chi connectivity index (χ2v) is 12.0. The molecule has 9 heteroatoms. The molecule has 0 aliphatic rings. The van der Waals surface area contributed by atoms with Crippen LogP contribution in [0.25, 0.3) is 0 Å². The standard InChI is InChI=1S/C32H41N3O5S/c1-6-30(32(37)33-24(3)4)34(22-21-26-11-9-8-10-12-26)31(36)23-35(27-15-13-25(5)14-16-27)41(38,39)29-19-17-28(18-20-29)40-7-2/h8-20,24,30H,6-7,21-23H2,1-5H3,(H,33,37)/t30-/m0/s1. The Morgan fingerprint density at radius 3 is 2.10 bits per heavy atom. The number of sulfonamides is 1. The molecule has 0 bridgehead atoms. The number of hydrogen-bond acceptors (Lipinski definition) is 5. The van der Waals surface area contributed by atoms with Crippen molar-refractivity contribution in [3.05, 3.63) is 90.0 Å². The molecule has 0 heterocycles. The van der Waals surface area contributed by atoms with Gasteiger partial charge in [0.05, 0.1) is 17.2 Å². The van der Waals surface area contributed by atoms with Gasteiger partial charge < -0.3 is 15.0 Å². The van der Waals surface area contributed by atoms with Crippen LogP contribution in [0.3, 0.4) is 0 Å². The third-order valence-electron chi connectivity index (χ3n) is 6.62. The molecular formula is C32H41N3O5S. The summed E-state index contributed by atoms with van der Waals surface area (Å²) in [5.41, 5.74) is 2.33. The summed E-state index contributed by atoms with van der Waals surface area (Å²) < 4.78 is 34.5. The van der Waals surface area contributed by atoms with Crippen molar-refractivity contribution in [1.29, 1.82) is 0 Å². The van der Waals surface area contributed by atoms with E-state index in [1.165, 1.54) is 17.0 Å². The van der Waals surface area contributed by atoms with E-state index in [0.717, 1.165) is 15.4 Å². The van der Waals surface area contributed by atoms with Crippen molar-refractivity contribution in [3.8, 4) is 5.75 Å². The monoisotopic (exact) mass is 579 g/mol. The normalized spacial score (nSPS) is 12.0. The highest BCUT2D eigenvalue weighted by Gasteiger charge is 2.33. The zero-order valence-electron chi connectivity index (χ0n) is 24.5. The Hall–Kier alpha value is -3.85. The van der Waals surface area contributed by atoms with Crippen LogP contribution in [0, 0.1) is 6.92 Å².